The fourth-order valence-corrected chi connectivity index (χ4v) is 5.33. The SMILES string of the molecule is CO[C@@H]1O[C@H](CO)[C@@H](O[C@@H]2O[C@H](CO)[C@H](O)[C@H](OS(=O)(=O)O)[C@H]2O)[C@H](O[C@H]2O[C@H](C)[C@H](O)[C@H](O)[C@H]2O)[C@H]1NC(C)=O. The Morgan fingerprint density at radius 2 is 1.34 bits per heavy atom. The Kier molecular flexibility index (Phi) is 11.8. The molecule has 0 bridgehead atoms. The topological polar surface area (TPSA) is 290 Å². The van der Waals surface area contributed by atoms with E-state index in [0.717, 1.165) is 6.92 Å². The normalized spacial score (nSPS) is 45.8. The molecule has 0 aromatic heterocycles. The van der Waals surface area contributed by atoms with Crippen LogP contribution in [0.4, 0.5) is 0 Å². The molecule has 3 aliphatic rings. The van der Waals surface area contributed by atoms with Gasteiger partial charge >= 0.3 is 10.4 Å². The van der Waals surface area contributed by atoms with Crippen molar-refractivity contribution in [1.82, 2.24) is 5.32 Å². The van der Waals surface area contributed by atoms with Gasteiger partial charge in [-0.3, -0.25) is 9.35 Å². The van der Waals surface area contributed by atoms with Crippen molar-refractivity contribution in [3.05, 3.63) is 0 Å². The van der Waals surface area contributed by atoms with Crippen molar-refractivity contribution >= 4 is 16.3 Å². The fraction of sp³-hybridized carbons (Fsp3) is 0.952. The number of hydrogen-bond acceptors (Lipinski definition) is 17. The molecule has 3 rings (SSSR count). The molecule has 0 saturated carbocycles. The van der Waals surface area contributed by atoms with Crippen LogP contribution in [-0.2, 0) is 47.8 Å². The Labute approximate surface area is 234 Å². The zero-order chi connectivity index (χ0) is 30.8. The third-order valence-electron chi connectivity index (χ3n) is 6.87. The molecule has 3 aliphatic heterocycles. The molecule has 0 aromatic carbocycles. The summed E-state index contributed by atoms with van der Waals surface area (Å²) >= 11 is 0. The first-order chi connectivity index (χ1) is 19.1. The van der Waals surface area contributed by atoms with Crippen LogP contribution in [0.2, 0.25) is 0 Å². The highest BCUT2D eigenvalue weighted by Crippen LogP contribution is 2.34. The van der Waals surface area contributed by atoms with Crippen LogP contribution in [0.15, 0.2) is 0 Å². The molecule has 19 nitrogen and oxygen atoms in total. The van der Waals surface area contributed by atoms with Crippen LogP contribution in [0.1, 0.15) is 13.8 Å². The Balaban J connectivity index is 1.99. The van der Waals surface area contributed by atoms with Gasteiger partial charge in [-0.2, -0.15) is 8.42 Å². The number of carbonyl (C=O) groups excluding carboxylic acids is 1. The second-order valence-electron chi connectivity index (χ2n) is 9.77. The first kappa shape index (κ1) is 34.3. The molecule has 9 N–H and O–H groups in total. The van der Waals surface area contributed by atoms with Gasteiger partial charge in [0.15, 0.2) is 18.9 Å². The summed E-state index contributed by atoms with van der Waals surface area (Å²) in [5, 5.41) is 74.2. The smallest absolute Gasteiger partial charge is 0.394 e. The summed E-state index contributed by atoms with van der Waals surface area (Å²) in [7, 11) is -4.02. The van der Waals surface area contributed by atoms with Gasteiger partial charge < -0.3 is 69.5 Å². The van der Waals surface area contributed by atoms with E-state index >= 15 is 0 Å². The summed E-state index contributed by atoms with van der Waals surface area (Å²) < 4.78 is 69.8. The summed E-state index contributed by atoms with van der Waals surface area (Å²) in [6, 6.07) is -1.29. The molecule has 0 spiro atoms. The Hall–Kier alpha value is -1.18. The van der Waals surface area contributed by atoms with E-state index in [4.69, 9.17) is 33.0 Å². The van der Waals surface area contributed by atoms with E-state index < -0.39 is 122 Å². The van der Waals surface area contributed by atoms with Crippen LogP contribution in [0.25, 0.3) is 0 Å². The average molecular weight is 624 g/mol. The predicted molar refractivity (Wildman–Crippen MR) is 127 cm³/mol. The van der Waals surface area contributed by atoms with Gasteiger partial charge in [-0.1, -0.05) is 0 Å². The van der Waals surface area contributed by atoms with Crippen LogP contribution in [0.5, 0.6) is 0 Å². The maximum absolute atomic E-state index is 12.1. The fourth-order valence-electron chi connectivity index (χ4n) is 4.82. The van der Waals surface area contributed by atoms with Crippen LogP contribution in [0.3, 0.4) is 0 Å². The molecule has 1 amide bonds. The van der Waals surface area contributed by atoms with Crippen molar-refractivity contribution in [2.75, 3.05) is 20.3 Å². The summed E-state index contributed by atoms with van der Waals surface area (Å²) in [5.41, 5.74) is 0. The molecule has 240 valence electrons. The minimum atomic E-state index is -5.23. The van der Waals surface area contributed by atoms with E-state index in [2.05, 4.69) is 9.50 Å². The summed E-state index contributed by atoms with van der Waals surface area (Å²) in [4.78, 5) is 12.1. The number of amides is 1. The Morgan fingerprint density at radius 1 is 0.780 bits per heavy atom. The second kappa shape index (κ2) is 14.1. The van der Waals surface area contributed by atoms with Crippen LogP contribution in [-0.4, -0.2) is 167 Å². The van der Waals surface area contributed by atoms with Crippen molar-refractivity contribution in [2.24, 2.45) is 0 Å². The van der Waals surface area contributed by atoms with Gasteiger partial charge in [-0.05, 0) is 6.92 Å². The van der Waals surface area contributed by atoms with Gasteiger partial charge in [-0.15, -0.1) is 0 Å². The number of carbonyl (C=O) groups is 1. The zero-order valence-electron chi connectivity index (χ0n) is 22.1. The first-order valence-corrected chi connectivity index (χ1v) is 13.8. The standard InChI is InChI=1S/C21H37NO18S/c1-6-11(26)13(28)14(29)20(35-6)39-17-10(22-7(2)25)19(34-3)37-9(5-24)16(17)38-21-15(30)18(40-41(31,32)33)12(27)8(4-23)36-21/h6,8-21,23-24,26-30H,4-5H2,1-3H3,(H,22,25)(H,31,32,33)/t6-,8-,9-,10-,11+,12+,13+,14-,15-,16-,17-,18+,19-,20-,21+/m1/s1. The molecule has 20 heteroatoms. The van der Waals surface area contributed by atoms with Gasteiger partial charge in [0, 0.05) is 14.0 Å². The second-order valence-corrected chi connectivity index (χ2v) is 10.8. The molecule has 3 heterocycles. The highest BCUT2D eigenvalue weighted by Gasteiger charge is 2.55. The van der Waals surface area contributed by atoms with Crippen molar-refractivity contribution in [3.8, 4) is 0 Å². The molecule has 41 heavy (non-hydrogen) atoms. The zero-order valence-corrected chi connectivity index (χ0v) is 23.0. The van der Waals surface area contributed by atoms with E-state index in [1.165, 1.54) is 14.0 Å². The van der Waals surface area contributed by atoms with Gasteiger partial charge in [-0.25, -0.2) is 4.18 Å². The minimum absolute atomic E-state index is 0.622. The number of methoxy groups -OCH3 is 1. The molecule has 0 radical (unpaired) electrons. The van der Waals surface area contributed by atoms with Crippen molar-refractivity contribution in [1.29, 1.82) is 0 Å². The van der Waals surface area contributed by atoms with Crippen molar-refractivity contribution in [3.63, 3.8) is 0 Å². The monoisotopic (exact) mass is 623 g/mol. The first-order valence-electron chi connectivity index (χ1n) is 12.5. The Morgan fingerprint density at radius 3 is 1.88 bits per heavy atom. The molecular weight excluding hydrogens is 586 g/mol. The lowest BCUT2D eigenvalue weighted by molar-refractivity contribution is -0.371. The summed E-state index contributed by atoms with van der Waals surface area (Å²) in [6.07, 6.45) is -23.3. The Bertz CT molecular complexity index is 972. The third-order valence-corrected chi connectivity index (χ3v) is 7.34. The summed E-state index contributed by atoms with van der Waals surface area (Å²) in [6.45, 7) is 0.799. The molecular formula is C21H37NO18S. The number of hydrogen-bond donors (Lipinski definition) is 9. The lowest BCUT2D eigenvalue weighted by atomic mass is 9.94. The largest absolute Gasteiger partial charge is 0.397 e. The lowest BCUT2D eigenvalue weighted by Crippen LogP contribution is -2.69. The lowest BCUT2D eigenvalue weighted by Gasteiger charge is -2.50. The van der Waals surface area contributed by atoms with Crippen molar-refractivity contribution in [2.45, 2.75) is 106 Å². The van der Waals surface area contributed by atoms with Crippen LogP contribution >= 0.6 is 0 Å². The molecule has 15 atom stereocenters. The number of aliphatic hydroxyl groups excluding tert-OH is 7. The highest BCUT2D eigenvalue weighted by molar-refractivity contribution is 7.80. The van der Waals surface area contributed by atoms with Gasteiger partial charge in [0.1, 0.15) is 67.1 Å². The molecule has 0 aromatic rings. The van der Waals surface area contributed by atoms with E-state index in [9.17, 15) is 49.0 Å². The highest BCUT2D eigenvalue weighted by atomic mass is 32.3. The predicted octanol–water partition coefficient (Wildman–Crippen LogP) is -5.92. The maximum Gasteiger partial charge on any atom is 0.397 e. The third kappa shape index (κ3) is 7.86. The quantitative estimate of drug-likeness (QED) is 0.102. The van der Waals surface area contributed by atoms with E-state index in [0.29, 0.717) is 0 Å². The van der Waals surface area contributed by atoms with E-state index in [1.54, 1.807) is 0 Å². The number of ether oxygens (including phenoxy) is 6. The molecule has 0 aliphatic carbocycles. The number of aliphatic hydroxyl groups is 7. The van der Waals surface area contributed by atoms with Gasteiger partial charge in [0.05, 0.1) is 19.3 Å². The summed E-state index contributed by atoms with van der Waals surface area (Å²) in [5.74, 6) is -0.622. The van der Waals surface area contributed by atoms with Crippen molar-refractivity contribution < 1.29 is 86.1 Å². The molecule has 3 fully saturated rings. The average Bonchev–Trinajstić information content (AvgIpc) is 2.90. The number of rotatable bonds is 10. The van der Waals surface area contributed by atoms with Gasteiger partial charge in [0.2, 0.25) is 5.91 Å². The van der Waals surface area contributed by atoms with Crippen LogP contribution < -0.4 is 5.32 Å². The van der Waals surface area contributed by atoms with E-state index in [-0.39, 0.29) is 0 Å². The minimum Gasteiger partial charge on any atom is -0.394 e. The molecule has 0 unspecified atom stereocenters. The van der Waals surface area contributed by atoms with Crippen LogP contribution in [0, 0.1) is 0 Å². The maximum atomic E-state index is 12.1. The molecule has 3 saturated heterocycles. The van der Waals surface area contributed by atoms with E-state index in [1.807, 2.05) is 0 Å². The van der Waals surface area contributed by atoms with Gasteiger partial charge in [0.25, 0.3) is 0 Å². The number of nitrogens with one attached hydrogen (secondary N) is 1.